The first-order valence-electron chi connectivity index (χ1n) is 4.90. The van der Waals surface area contributed by atoms with Gasteiger partial charge in [0.15, 0.2) is 11.5 Å². The van der Waals surface area contributed by atoms with Crippen LogP contribution in [-0.4, -0.2) is 25.4 Å². The maximum atomic E-state index is 8.93. The number of aliphatic hydroxyl groups excluding tert-OH is 1. The number of ether oxygens (including phenoxy) is 2. The highest BCUT2D eigenvalue weighted by Gasteiger charge is 2.09. The lowest BCUT2D eigenvalue weighted by Crippen LogP contribution is -2.14. The minimum Gasteiger partial charge on any atom is -0.493 e. The number of nitrogens with two attached hydrogens (primary N) is 1. The number of rotatable bonds is 5. The third kappa shape index (κ3) is 2.84. The van der Waals surface area contributed by atoms with Crippen LogP contribution < -0.4 is 15.2 Å². The molecule has 15 heavy (non-hydrogen) atoms. The molecule has 4 heteroatoms. The predicted octanol–water partition coefficient (Wildman–Crippen LogP) is 1.09. The monoisotopic (exact) mass is 211 g/mol. The number of methoxy groups -OCH3 is 1. The third-order valence-electron chi connectivity index (χ3n) is 2.11. The summed E-state index contributed by atoms with van der Waals surface area (Å²) < 4.78 is 10.5. The van der Waals surface area contributed by atoms with E-state index in [0.29, 0.717) is 18.1 Å². The molecule has 3 N–H and O–H groups in total. The highest BCUT2D eigenvalue weighted by Crippen LogP contribution is 2.29. The molecule has 0 amide bonds. The van der Waals surface area contributed by atoms with Crippen molar-refractivity contribution >= 4 is 0 Å². The van der Waals surface area contributed by atoms with Gasteiger partial charge in [0.25, 0.3) is 0 Å². The fourth-order valence-electron chi connectivity index (χ4n) is 1.29. The first-order valence-corrected chi connectivity index (χ1v) is 4.90. The molecule has 4 nitrogen and oxygen atoms in total. The Labute approximate surface area is 89.6 Å². The van der Waals surface area contributed by atoms with Crippen LogP contribution in [0, 0.1) is 0 Å². The van der Waals surface area contributed by atoms with Crippen molar-refractivity contribution in [1.82, 2.24) is 0 Å². The standard InChI is InChI=1S/C11H17NO3/c1-3-15-10-5-4-8(9(12)7-13)6-11(10)14-2/h4-6,9,13H,3,7,12H2,1-2H3/t9-/m0/s1. The molecule has 0 aromatic heterocycles. The van der Waals surface area contributed by atoms with Crippen molar-refractivity contribution < 1.29 is 14.6 Å². The Morgan fingerprint density at radius 1 is 1.40 bits per heavy atom. The molecule has 0 bridgehead atoms. The molecule has 0 aliphatic rings. The van der Waals surface area contributed by atoms with Crippen LogP contribution in [0.5, 0.6) is 11.5 Å². The molecule has 0 radical (unpaired) electrons. The van der Waals surface area contributed by atoms with E-state index in [2.05, 4.69) is 0 Å². The summed E-state index contributed by atoms with van der Waals surface area (Å²) in [6.45, 7) is 2.41. The molecule has 0 spiro atoms. The predicted molar refractivity (Wildman–Crippen MR) is 58.2 cm³/mol. The van der Waals surface area contributed by atoms with E-state index in [4.69, 9.17) is 20.3 Å². The van der Waals surface area contributed by atoms with Gasteiger partial charge in [0.05, 0.1) is 26.4 Å². The average Bonchev–Trinajstić information content (AvgIpc) is 2.29. The van der Waals surface area contributed by atoms with Crippen LogP contribution in [0.4, 0.5) is 0 Å². The van der Waals surface area contributed by atoms with Crippen molar-refractivity contribution in [1.29, 1.82) is 0 Å². The van der Waals surface area contributed by atoms with Gasteiger partial charge in [-0.15, -0.1) is 0 Å². The van der Waals surface area contributed by atoms with Gasteiger partial charge >= 0.3 is 0 Å². The number of hydrogen-bond acceptors (Lipinski definition) is 4. The Bertz CT molecular complexity index is 315. The molecule has 84 valence electrons. The second kappa shape index (κ2) is 5.58. The lowest BCUT2D eigenvalue weighted by atomic mass is 10.1. The van der Waals surface area contributed by atoms with Crippen LogP contribution in [0.2, 0.25) is 0 Å². The Hall–Kier alpha value is -1.26. The molecule has 1 aromatic rings. The molecular formula is C11H17NO3. The molecule has 0 fully saturated rings. The maximum Gasteiger partial charge on any atom is 0.161 e. The van der Waals surface area contributed by atoms with Crippen molar-refractivity contribution in [2.45, 2.75) is 13.0 Å². The van der Waals surface area contributed by atoms with Gasteiger partial charge in [0.1, 0.15) is 0 Å². The van der Waals surface area contributed by atoms with Crippen molar-refractivity contribution in [2.24, 2.45) is 5.73 Å². The summed E-state index contributed by atoms with van der Waals surface area (Å²) >= 11 is 0. The van der Waals surface area contributed by atoms with Crippen LogP contribution in [0.15, 0.2) is 18.2 Å². The van der Waals surface area contributed by atoms with E-state index in [1.165, 1.54) is 0 Å². The van der Waals surface area contributed by atoms with E-state index in [0.717, 1.165) is 5.56 Å². The minimum atomic E-state index is -0.380. The second-order valence-electron chi connectivity index (χ2n) is 3.13. The first kappa shape index (κ1) is 11.8. The Morgan fingerprint density at radius 3 is 2.67 bits per heavy atom. The van der Waals surface area contributed by atoms with E-state index in [9.17, 15) is 0 Å². The van der Waals surface area contributed by atoms with Gasteiger partial charge in [-0.05, 0) is 24.6 Å². The van der Waals surface area contributed by atoms with E-state index in [1.807, 2.05) is 13.0 Å². The lowest BCUT2D eigenvalue weighted by Gasteiger charge is -2.13. The Balaban J connectivity index is 2.96. The average molecular weight is 211 g/mol. The van der Waals surface area contributed by atoms with Crippen LogP contribution in [0.1, 0.15) is 18.5 Å². The molecule has 0 saturated carbocycles. The normalized spacial score (nSPS) is 12.3. The zero-order valence-electron chi connectivity index (χ0n) is 9.06. The van der Waals surface area contributed by atoms with Crippen molar-refractivity contribution in [3.63, 3.8) is 0 Å². The molecule has 1 rings (SSSR count). The summed E-state index contributed by atoms with van der Waals surface area (Å²) in [4.78, 5) is 0. The van der Waals surface area contributed by atoms with Gasteiger partial charge in [-0.3, -0.25) is 0 Å². The highest BCUT2D eigenvalue weighted by atomic mass is 16.5. The fourth-order valence-corrected chi connectivity index (χ4v) is 1.29. The summed E-state index contributed by atoms with van der Waals surface area (Å²) in [6, 6.07) is 5.03. The summed E-state index contributed by atoms with van der Waals surface area (Å²) in [5, 5.41) is 8.93. The lowest BCUT2D eigenvalue weighted by molar-refractivity contribution is 0.267. The molecule has 0 aliphatic heterocycles. The van der Waals surface area contributed by atoms with Crippen LogP contribution >= 0.6 is 0 Å². The van der Waals surface area contributed by atoms with E-state index >= 15 is 0 Å². The van der Waals surface area contributed by atoms with Gasteiger partial charge in [0.2, 0.25) is 0 Å². The Kier molecular flexibility index (Phi) is 4.39. The van der Waals surface area contributed by atoms with E-state index < -0.39 is 0 Å². The quantitative estimate of drug-likeness (QED) is 0.765. The zero-order chi connectivity index (χ0) is 11.3. The minimum absolute atomic E-state index is 0.0862. The van der Waals surface area contributed by atoms with Gasteiger partial charge in [0, 0.05) is 0 Å². The summed E-state index contributed by atoms with van der Waals surface area (Å²) in [7, 11) is 1.58. The first-order chi connectivity index (χ1) is 7.22. The largest absolute Gasteiger partial charge is 0.493 e. The third-order valence-corrected chi connectivity index (χ3v) is 2.11. The summed E-state index contributed by atoms with van der Waals surface area (Å²) in [5.41, 5.74) is 6.53. The number of hydrogen-bond donors (Lipinski definition) is 2. The molecular weight excluding hydrogens is 194 g/mol. The fraction of sp³-hybridized carbons (Fsp3) is 0.455. The molecule has 0 saturated heterocycles. The molecule has 0 aliphatic carbocycles. The summed E-state index contributed by atoms with van der Waals surface area (Å²) in [5.74, 6) is 1.33. The van der Waals surface area contributed by atoms with Crippen LogP contribution in [0.25, 0.3) is 0 Å². The molecule has 0 unspecified atom stereocenters. The zero-order valence-corrected chi connectivity index (χ0v) is 9.06. The molecule has 1 atom stereocenters. The van der Waals surface area contributed by atoms with Gasteiger partial charge in [-0.1, -0.05) is 6.07 Å². The Morgan fingerprint density at radius 2 is 2.13 bits per heavy atom. The second-order valence-corrected chi connectivity index (χ2v) is 3.13. The van der Waals surface area contributed by atoms with E-state index in [1.54, 1.807) is 19.2 Å². The highest BCUT2D eigenvalue weighted by molar-refractivity contribution is 5.43. The number of benzene rings is 1. The summed E-state index contributed by atoms with van der Waals surface area (Å²) in [6.07, 6.45) is 0. The van der Waals surface area contributed by atoms with Crippen molar-refractivity contribution in [2.75, 3.05) is 20.3 Å². The number of aliphatic hydroxyl groups is 1. The van der Waals surface area contributed by atoms with Gasteiger partial charge in [-0.2, -0.15) is 0 Å². The van der Waals surface area contributed by atoms with E-state index in [-0.39, 0.29) is 12.6 Å². The SMILES string of the molecule is CCOc1ccc([C@@H](N)CO)cc1OC. The smallest absolute Gasteiger partial charge is 0.161 e. The van der Waals surface area contributed by atoms with Crippen LogP contribution in [-0.2, 0) is 0 Å². The van der Waals surface area contributed by atoms with Crippen molar-refractivity contribution in [3.8, 4) is 11.5 Å². The van der Waals surface area contributed by atoms with Gasteiger partial charge < -0.3 is 20.3 Å². The van der Waals surface area contributed by atoms with Crippen molar-refractivity contribution in [3.05, 3.63) is 23.8 Å². The molecule has 1 aromatic carbocycles. The maximum absolute atomic E-state index is 8.93. The molecule has 0 heterocycles. The van der Waals surface area contributed by atoms with Gasteiger partial charge in [-0.25, -0.2) is 0 Å². The topological polar surface area (TPSA) is 64.7 Å². The van der Waals surface area contributed by atoms with Crippen LogP contribution in [0.3, 0.4) is 0 Å².